The third kappa shape index (κ3) is 6.37. The number of aromatic nitrogens is 2. The Balaban J connectivity index is 1.97. The topological polar surface area (TPSA) is 165 Å². The smallest absolute Gasteiger partial charge is 0.322 e. The standard InChI is InChI=1S/C16H24N6O5/c1-9(14(25)19-7-13(23)24)21-16(27)12(5-10-6-17-8-20-10)22-15(26)11-3-2-4-18-11/h6,8-9,11-12,18H,2-5,7H2,1H3,(H,17,20)(H,19,25)(H,21,27)(H,22,26)(H,23,24). The number of hydrogen-bond donors (Lipinski definition) is 6. The second-order valence-electron chi connectivity index (χ2n) is 6.33. The Kier molecular flexibility index (Phi) is 7.29. The second kappa shape index (κ2) is 9.67. The minimum Gasteiger partial charge on any atom is -0.480 e. The summed E-state index contributed by atoms with van der Waals surface area (Å²) in [6, 6.07) is -2.21. The molecule has 27 heavy (non-hydrogen) atoms. The number of imidazole rings is 1. The molecule has 3 atom stereocenters. The highest BCUT2D eigenvalue weighted by molar-refractivity contribution is 5.93. The number of carbonyl (C=O) groups is 4. The van der Waals surface area contributed by atoms with Crippen molar-refractivity contribution in [3.63, 3.8) is 0 Å². The highest BCUT2D eigenvalue weighted by atomic mass is 16.4. The van der Waals surface area contributed by atoms with Gasteiger partial charge in [0, 0.05) is 18.3 Å². The summed E-state index contributed by atoms with van der Waals surface area (Å²) < 4.78 is 0. The van der Waals surface area contributed by atoms with E-state index in [-0.39, 0.29) is 18.4 Å². The maximum Gasteiger partial charge on any atom is 0.322 e. The van der Waals surface area contributed by atoms with Crippen molar-refractivity contribution in [2.45, 2.75) is 44.3 Å². The Morgan fingerprint density at radius 2 is 2.07 bits per heavy atom. The van der Waals surface area contributed by atoms with Gasteiger partial charge in [0.1, 0.15) is 18.6 Å². The van der Waals surface area contributed by atoms with Crippen LogP contribution < -0.4 is 21.3 Å². The fraction of sp³-hybridized carbons (Fsp3) is 0.562. The van der Waals surface area contributed by atoms with Crippen LogP contribution in [-0.4, -0.2) is 70.0 Å². The van der Waals surface area contributed by atoms with Gasteiger partial charge in [-0.25, -0.2) is 4.98 Å². The van der Waals surface area contributed by atoms with Gasteiger partial charge < -0.3 is 31.4 Å². The second-order valence-corrected chi connectivity index (χ2v) is 6.33. The van der Waals surface area contributed by atoms with E-state index in [0.29, 0.717) is 12.1 Å². The quantitative estimate of drug-likeness (QED) is 0.285. The van der Waals surface area contributed by atoms with Gasteiger partial charge in [-0.3, -0.25) is 19.2 Å². The van der Waals surface area contributed by atoms with Crippen LogP contribution in [0.1, 0.15) is 25.5 Å². The average molecular weight is 380 g/mol. The average Bonchev–Trinajstić information content (AvgIpc) is 3.32. The van der Waals surface area contributed by atoms with Crippen LogP contribution in [0.4, 0.5) is 0 Å². The van der Waals surface area contributed by atoms with Crippen LogP contribution in [0.5, 0.6) is 0 Å². The van der Waals surface area contributed by atoms with Crippen LogP contribution in [0.3, 0.4) is 0 Å². The van der Waals surface area contributed by atoms with Crippen LogP contribution in [0.2, 0.25) is 0 Å². The zero-order chi connectivity index (χ0) is 19.8. The molecule has 0 saturated carbocycles. The van der Waals surface area contributed by atoms with Crippen LogP contribution >= 0.6 is 0 Å². The number of carboxylic acids is 1. The first kappa shape index (κ1) is 20.4. The van der Waals surface area contributed by atoms with Gasteiger partial charge in [-0.1, -0.05) is 0 Å². The SMILES string of the molecule is CC(NC(=O)C(Cc1cnc[nH]1)NC(=O)C1CCCN1)C(=O)NCC(=O)O. The van der Waals surface area contributed by atoms with Crippen LogP contribution in [-0.2, 0) is 25.6 Å². The molecule has 2 rings (SSSR count). The monoisotopic (exact) mass is 380 g/mol. The molecule has 1 aromatic rings. The largest absolute Gasteiger partial charge is 0.480 e. The van der Waals surface area contributed by atoms with Gasteiger partial charge in [0.2, 0.25) is 17.7 Å². The minimum absolute atomic E-state index is 0.174. The molecule has 2 heterocycles. The summed E-state index contributed by atoms with van der Waals surface area (Å²) in [6.45, 7) is 1.64. The summed E-state index contributed by atoms with van der Waals surface area (Å²) in [4.78, 5) is 54.1. The number of aromatic amines is 1. The normalized spacial score (nSPS) is 18.3. The van der Waals surface area contributed by atoms with E-state index in [9.17, 15) is 19.2 Å². The number of rotatable bonds is 9. The van der Waals surface area contributed by atoms with E-state index in [2.05, 4.69) is 31.2 Å². The lowest BCUT2D eigenvalue weighted by Gasteiger charge is -2.22. The molecule has 0 aliphatic carbocycles. The van der Waals surface area contributed by atoms with Gasteiger partial charge >= 0.3 is 5.97 Å². The Labute approximate surface area is 155 Å². The van der Waals surface area contributed by atoms with Crippen molar-refractivity contribution in [2.24, 2.45) is 0 Å². The molecule has 0 bridgehead atoms. The summed E-state index contributed by atoms with van der Waals surface area (Å²) in [5.41, 5.74) is 0.651. The number of hydrogen-bond acceptors (Lipinski definition) is 6. The lowest BCUT2D eigenvalue weighted by atomic mass is 10.1. The molecule has 6 N–H and O–H groups in total. The molecule has 1 aromatic heterocycles. The molecular formula is C16H24N6O5. The first-order valence-electron chi connectivity index (χ1n) is 8.67. The molecule has 1 fully saturated rings. The number of nitrogens with zero attached hydrogens (tertiary/aromatic N) is 1. The third-order valence-electron chi connectivity index (χ3n) is 4.15. The van der Waals surface area contributed by atoms with Crippen molar-refractivity contribution in [3.05, 3.63) is 18.2 Å². The number of H-pyrrole nitrogens is 1. The van der Waals surface area contributed by atoms with Crippen LogP contribution in [0.25, 0.3) is 0 Å². The third-order valence-corrected chi connectivity index (χ3v) is 4.15. The highest BCUT2D eigenvalue weighted by Crippen LogP contribution is 2.06. The molecule has 11 heteroatoms. The first-order chi connectivity index (χ1) is 12.9. The van der Waals surface area contributed by atoms with Gasteiger partial charge in [0.05, 0.1) is 12.4 Å². The van der Waals surface area contributed by atoms with E-state index in [1.54, 1.807) is 6.20 Å². The minimum atomic E-state index is -1.18. The number of nitrogens with one attached hydrogen (secondary N) is 5. The maximum atomic E-state index is 12.6. The lowest BCUT2D eigenvalue weighted by molar-refractivity contribution is -0.138. The van der Waals surface area contributed by atoms with E-state index >= 15 is 0 Å². The summed E-state index contributed by atoms with van der Waals surface area (Å²) in [5, 5.41) is 19.1. The van der Waals surface area contributed by atoms with E-state index < -0.39 is 36.4 Å². The summed E-state index contributed by atoms with van der Waals surface area (Å²) in [7, 11) is 0. The zero-order valence-electron chi connectivity index (χ0n) is 14.9. The Morgan fingerprint density at radius 1 is 1.30 bits per heavy atom. The summed E-state index contributed by atoms with van der Waals surface area (Å²) >= 11 is 0. The molecule has 1 aliphatic rings. The predicted molar refractivity (Wildman–Crippen MR) is 93.5 cm³/mol. The Hall–Kier alpha value is -2.95. The number of carbonyl (C=O) groups excluding carboxylic acids is 3. The fourth-order valence-corrected chi connectivity index (χ4v) is 2.70. The van der Waals surface area contributed by atoms with Crippen molar-refractivity contribution in [1.82, 2.24) is 31.2 Å². The molecule has 3 unspecified atom stereocenters. The van der Waals surface area contributed by atoms with Crippen molar-refractivity contribution < 1.29 is 24.3 Å². The molecule has 1 saturated heterocycles. The summed E-state index contributed by atoms with van der Waals surface area (Å²) in [6.07, 6.45) is 4.76. The number of aliphatic carboxylic acids is 1. The van der Waals surface area contributed by atoms with Gasteiger partial charge in [0.25, 0.3) is 0 Å². The van der Waals surface area contributed by atoms with Crippen molar-refractivity contribution >= 4 is 23.7 Å². The first-order valence-corrected chi connectivity index (χ1v) is 8.67. The van der Waals surface area contributed by atoms with Crippen molar-refractivity contribution in [3.8, 4) is 0 Å². The van der Waals surface area contributed by atoms with Crippen LogP contribution in [0.15, 0.2) is 12.5 Å². The van der Waals surface area contributed by atoms with E-state index in [4.69, 9.17) is 5.11 Å². The number of amides is 3. The summed E-state index contributed by atoms with van der Waals surface area (Å²) in [5.74, 6) is -2.64. The molecular weight excluding hydrogens is 356 g/mol. The Morgan fingerprint density at radius 3 is 2.67 bits per heavy atom. The van der Waals surface area contributed by atoms with Crippen molar-refractivity contribution in [2.75, 3.05) is 13.1 Å². The molecule has 3 amide bonds. The Bertz CT molecular complexity index is 671. The van der Waals surface area contributed by atoms with Gasteiger partial charge in [-0.05, 0) is 26.3 Å². The van der Waals surface area contributed by atoms with Gasteiger partial charge in [-0.15, -0.1) is 0 Å². The zero-order valence-corrected chi connectivity index (χ0v) is 14.9. The highest BCUT2D eigenvalue weighted by Gasteiger charge is 2.29. The fourth-order valence-electron chi connectivity index (χ4n) is 2.70. The van der Waals surface area contributed by atoms with E-state index in [0.717, 1.165) is 13.0 Å². The molecule has 11 nitrogen and oxygen atoms in total. The molecule has 0 radical (unpaired) electrons. The van der Waals surface area contributed by atoms with Gasteiger partial charge in [-0.2, -0.15) is 0 Å². The van der Waals surface area contributed by atoms with E-state index in [1.807, 2.05) is 0 Å². The molecule has 0 aromatic carbocycles. The van der Waals surface area contributed by atoms with Crippen LogP contribution in [0, 0.1) is 0 Å². The molecule has 0 spiro atoms. The van der Waals surface area contributed by atoms with Gasteiger partial charge in [0.15, 0.2) is 0 Å². The lowest BCUT2D eigenvalue weighted by Crippen LogP contribution is -2.56. The van der Waals surface area contributed by atoms with E-state index in [1.165, 1.54) is 13.3 Å². The maximum absolute atomic E-state index is 12.6. The number of carboxylic acid groups (broad SMARTS) is 1. The van der Waals surface area contributed by atoms with Crippen molar-refractivity contribution in [1.29, 1.82) is 0 Å². The molecule has 148 valence electrons. The molecule has 1 aliphatic heterocycles. The predicted octanol–water partition coefficient (Wildman–Crippen LogP) is -2.11.